The Morgan fingerprint density at radius 1 is 1.43 bits per heavy atom. The van der Waals surface area contributed by atoms with E-state index in [0.717, 1.165) is 5.56 Å². The molecule has 4 heteroatoms. The van der Waals surface area contributed by atoms with Gasteiger partial charge < -0.3 is 16.2 Å². The van der Waals surface area contributed by atoms with E-state index in [9.17, 15) is 0 Å². The van der Waals surface area contributed by atoms with Gasteiger partial charge in [-0.05, 0) is 17.7 Å². The van der Waals surface area contributed by atoms with Gasteiger partial charge in [0.2, 0.25) is 0 Å². The van der Waals surface area contributed by atoms with Gasteiger partial charge in [0, 0.05) is 17.6 Å². The van der Waals surface area contributed by atoms with E-state index in [1.165, 1.54) is 0 Å². The Labute approximate surface area is 89.0 Å². The van der Waals surface area contributed by atoms with E-state index in [1.807, 2.05) is 24.3 Å². The lowest BCUT2D eigenvalue weighted by atomic mass is 10.2. The molecule has 0 aromatic heterocycles. The van der Waals surface area contributed by atoms with Gasteiger partial charge in [0.05, 0.1) is 13.2 Å². The third kappa shape index (κ3) is 4.07. The number of hydrogen-bond donors (Lipinski definition) is 2. The van der Waals surface area contributed by atoms with Gasteiger partial charge in [0.25, 0.3) is 0 Å². The van der Waals surface area contributed by atoms with Crippen LogP contribution in [0.15, 0.2) is 24.3 Å². The quantitative estimate of drug-likeness (QED) is 0.773. The summed E-state index contributed by atoms with van der Waals surface area (Å²) in [5.41, 5.74) is 12.0. The summed E-state index contributed by atoms with van der Waals surface area (Å²) >= 11 is 5.81. The fourth-order valence-corrected chi connectivity index (χ4v) is 1.24. The van der Waals surface area contributed by atoms with E-state index in [1.54, 1.807) is 0 Å². The van der Waals surface area contributed by atoms with Gasteiger partial charge >= 0.3 is 0 Å². The summed E-state index contributed by atoms with van der Waals surface area (Å²) in [5, 5.41) is 0.717. The monoisotopic (exact) mass is 214 g/mol. The summed E-state index contributed by atoms with van der Waals surface area (Å²) in [5.74, 6) is 0. The van der Waals surface area contributed by atoms with Crippen molar-refractivity contribution in [3.63, 3.8) is 0 Å². The lowest BCUT2D eigenvalue weighted by molar-refractivity contribution is 0.109. The van der Waals surface area contributed by atoms with Gasteiger partial charge in [0.15, 0.2) is 0 Å². The first kappa shape index (κ1) is 11.5. The maximum absolute atomic E-state index is 5.81. The molecule has 78 valence electrons. The van der Waals surface area contributed by atoms with Crippen LogP contribution >= 0.6 is 11.6 Å². The maximum Gasteiger partial charge on any atom is 0.0718 e. The lowest BCUT2D eigenvalue weighted by Gasteiger charge is -2.09. The first-order chi connectivity index (χ1) is 6.72. The van der Waals surface area contributed by atoms with Crippen LogP contribution in [0.1, 0.15) is 5.56 Å². The summed E-state index contributed by atoms with van der Waals surface area (Å²) in [4.78, 5) is 0. The highest BCUT2D eigenvalue weighted by Crippen LogP contribution is 2.11. The highest BCUT2D eigenvalue weighted by molar-refractivity contribution is 6.30. The standard InChI is InChI=1S/C10H15ClN2O/c11-9-3-1-2-8(4-9)6-14-7-10(13)5-12/h1-4,10H,5-7,12-13H2/t10-/m0/s1. The van der Waals surface area contributed by atoms with Crippen molar-refractivity contribution in [2.45, 2.75) is 12.6 Å². The van der Waals surface area contributed by atoms with Crippen LogP contribution in [0.5, 0.6) is 0 Å². The molecule has 0 aliphatic rings. The second-order valence-corrected chi connectivity index (χ2v) is 3.58. The fourth-order valence-electron chi connectivity index (χ4n) is 1.02. The van der Waals surface area contributed by atoms with Crippen molar-refractivity contribution in [1.82, 2.24) is 0 Å². The zero-order valence-electron chi connectivity index (χ0n) is 7.95. The van der Waals surface area contributed by atoms with Crippen LogP contribution < -0.4 is 11.5 Å². The molecular weight excluding hydrogens is 200 g/mol. The normalized spacial score (nSPS) is 12.8. The molecule has 0 fully saturated rings. The third-order valence-corrected chi connectivity index (χ3v) is 2.03. The molecule has 0 aliphatic carbocycles. The topological polar surface area (TPSA) is 61.3 Å². The third-order valence-electron chi connectivity index (χ3n) is 1.79. The summed E-state index contributed by atoms with van der Waals surface area (Å²) < 4.78 is 5.36. The smallest absolute Gasteiger partial charge is 0.0718 e. The van der Waals surface area contributed by atoms with Gasteiger partial charge in [-0.3, -0.25) is 0 Å². The number of rotatable bonds is 5. The molecule has 0 radical (unpaired) electrons. The van der Waals surface area contributed by atoms with E-state index < -0.39 is 0 Å². The van der Waals surface area contributed by atoms with E-state index in [-0.39, 0.29) is 6.04 Å². The molecule has 0 spiro atoms. The van der Waals surface area contributed by atoms with Gasteiger partial charge in [0.1, 0.15) is 0 Å². The Kier molecular flexibility index (Phi) is 4.90. The van der Waals surface area contributed by atoms with E-state index in [4.69, 9.17) is 27.8 Å². The Morgan fingerprint density at radius 3 is 2.86 bits per heavy atom. The summed E-state index contributed by atoms with van der Waals surface area (Å²) in [6.45, 7) is 1.44. The van der Waals surface area contributed by atoms with Crippen LogP contribution in [0, 0.1) is 0 Å². The molecule has 4 N–H and O–H groups in total. The average molecular weight is 215 g/mol. The minimum absolute atomic E-state index is 0.0887. The highest BCUT2D eigenvalue weighted by Gasteiger charge is 1.99. The van der Waals surface area contributed by atoms with Crippen molar-refractivity contribution in [1.29, 1.82) is 0 Å². The zero-order chi connectivity index (χ0) is 10.4. The number of halogens is 1. The van der Waals surface area contributed by atoms with Crippen molar-refractivity contribution in [2.75, 3.05) is 13.2 Å². The van der Waals surface area contributed by atoms with Crippen LogP contribution in [0.3, 0.4) is 0 Å². The molecule has 1 rings (SSSR count). The van der Waals surface area contributed by atoms with Crippen molar-refractivity contribution in [2.24, 2.45) is 11.5 Å². The molecule has 14 heavy (non-hydrogen) atoms. The van der Waals surface area contributed by atoms with Gasteiger partial charge in [-0.2, -0.15) is 0 Å². The van der Waals surface area contributed by atoms with E-state index in [2.05, 4.69) is 0 Å². The second-order valence-electron chi connectivity index (χ2n) is 3.14. The van der Waals surface area contributed by atoms with Crippen LogP contribution in [-0.4, -0.2) is 19.2 Å². The molecule has 0 saturated carbocycles. The van der Waals surface area contributed by atoms with E-state index in [0.29, 0.717) is 24.8 Å². The molecular formula is C10H15ClN2O. The minimum atomic E-state index is -0.0887. The Hall–Kier alpha value is -0.610. The highest BCUT2D eigenvalue weighted by atomic mass is 35.5. The van der Waals surface area contributed by atoms with Gasteiger partial charge in [-0.1, -0.05) is 23.7 Å². The van der Waals surface area contributed by atoms with Crippen LogP contribution in [0.2, 0.25) is 5.02 Å². The summed E-state index contributed by atoms with van der Waals surface area (Å²) in [6, 6.07) is 7.46. The molecule has 1 aromatic carbocycles. The molecule has 0 unspecified atom stereocenters. The predicted octanol–water partition coefficient (Wildman–Crippen LogP) is 1.14. The lowest BCUT2D eigenvalue weighted by Crippen LogP contribution is -2.34. The van der Waals surface area contributed by atoms with Gasteiger partial charge in [-0.15, -0.1) is 0 Å². The van der Waals surface area contributed by atoms with Crippen molar-refractivity contribution in [3.8, 4) is 0 Å². The molecule has 0 bridgehead atoms. The van der Waals surface area contributed by atoms with Crippen LogP contribution in [0.25, 0.3) is 0 Å². The van der Waals surface area contributed by atoms with Crippen molar-refractivity contribution >= 4 is 11.6 Å². The van der Waals surface area contributed by atoms with Crippen LogP contribution in [0.4, 0.5) is 0 Å². The zero-order valence-corrected chi connectivity index (χ0v) is 8.70. The molecule has 0 amide bonds. The van der Waals surface area contributed by atoms with Crippen molar-refractivity contribution in [3.05, 3.63) is 34.9 Å². The number of nitrogens with two attached hydrogens (primary N) is 2. The maximum atomic E-state index is 5.81. The number of benzene rings is 1. The van der Waals surface area contributed by atoms with Crippen LogP contribution in [-0.2, 0) is 11.3 Å². The molecule has 0 aliphatic heterocycles. The van der Waals surface area contributed by atoms with Gasteiger partial charge in [-0.25, -0.2) is 0 Å². The average Bonchev–Trinajstić information content (AvgIpc) is 2.17. The van der Waals surface area contributed by atoms with Crippen molar-refractivity contribution < 1.29 is 4.74 Å². The molecule has 1 atom stereocenters. The molecule has 1 aromatic rings. The Morgan fingerprint density at radius 2 is 2.21 bits per heavy atom. The first-order valence-electron chi connectivity index (χ1n) is 4.50. The summed E-state index contributed by atoms with van der Waals surface area (Å²) in [7, 11) is 0. The predicted molar refractivity (Wildman–Crippen MR) is 58.1 cm³/mol. The number of hydrogen-bond acceptors (Lipinski definition) is 3. The molecule has 3 nitrogen and oxygen atoms in total. The molecule has 0 heterocycles. The summed E-state index contributed by atoms with van der Waals surface area (Å²) in [6.07, 6.45) is 0. The number of ether oxygens (including phenoxy) is 1. The largest absolute Gasteiger partial charge is 0.375 e. The molecule has 0 saturated heterocycles. The Bertz CT molecular complexity index is 281. The SMILES string of the molecule is NC[C@H](N)COCc1cccc(Cl)c1. The Balaban J connectivity index is 2.31. The fraction of sp³-hybridized carbons (Fsp3) is 0.400. The first-order valence-corrected chi connectivity index (χ1v) is 4.88. The van der Waals surface area contributed by atoms with E-state index >= 15 is 0 Å². The second kappa shape index (κ2) is 5.98. The minimum Gasteiger partial charge on any atom is -0.375 e.